The standard InChI is InChI=1S/C17H27N3O/c1-3-21-16-10-13-20(14-11-16)17(18-2)19-12-9-15-7-5-4-6-8-15/h4-8,16H,3,9-14H2,1-2H3,(H,18,19). The van der Waals surface area contributed by atoms with Crippen molar-refractivity contribution < 1.29 is 4.74 Å². The third-order valence-corrected chi connectivity index (χ3v) is 3.90. The van der Waals surface area contributed by atoms with E-state index < -0.39 is 0 Å². The Morgan fingerprint density at radius 2 is 2.00 bits per heavy atom. The van der Waals surface area contributed by atoms with Gasteiger partial charge in [0.2, 0.25) is 0 Å². The molecule has 0 aromatic heterocycles. The smallest absolute Gasteiger partial charge is 0.193 e. The zero-order valence-electron chi connectivity index (χ0n) is 13.2. The lowest BCUT2D eigenvalue weighted by molar-refractivity contribution is 0.0264. The maximum absolute atomic E-state index is 5.70. The first-order valence-electron chi connectivity index (χ1n) is 7.94. The van der Waals surface area contributed by atoms with E-state index in [2.05, 4.69) is 52.5 Å². The van der Waals surface area contributed by atoms with Crippen LogP contribution in [0.25, 0.3) is 0 Å². The first kappa shape index (κ1) is 15.8. The van der Waals surface area contributed by atoms with E-state index >= 15 is 0 Å². The molecule has 0 atom stereocenters. The van der Waals surface area contributed by atoms with Crippen molar-refractivity contribution >= 4 is 5.96 Å². The molecule has 1 aromatic carbocycles. The van der Waals surface area contributed by atoms with Crippen LogP contribution in [0.15, 0.2) is 35.3 Å². The van der Waals surface area contributed by atoms with Crippen LogP contribution in [0.5, 0.6) is 0 Å². The van der Waals surface area contributed by atoms with Gasteiger partial charge in [-0.25, -0.2) is 0 Å². The lowest BCUT2D eigenvalue weighted by Gasteiger charge is -2.34. The Balaban J connectivity index is 1.74. The monoisotopic (exact) mass is 289 g/mol. The molecule has 0 unspecified atom stereocenters. The van der Waals surface area contributed by atoms with Gasteiger partial charge in [-0.3, -0.25) is 4.99 Å². The van der Waals surface area contributed by atoms with Crippen LogP contribution in [-0.4, -0.2) is 50.3 Å². The van der Waals surface area contributed by atoms with Crippen LogP contribution < -0.4 is 5.32 Å². The fourth-order valence-electron chi connectivity index (χ4n) is 2.77. The molecule has 1 saturated heterocycles. The number of nitrogens with one attached hydrogen (secondary N) is 1. The highest BCUT2D eigenvalue weighted by molar-refractivity contribution is 5.79. The normalized spacial score (nSPS) is 17.0. The fourth-order valence-corrected chi connectivity index (χ4v) is 2.77. The Hall–Kier alpha value is -1.55. The van der Waals surface area contributed by atoms with Crippen LogP contribution in [0.2, 0.25) is 0 Å². The number of piperidine rings is 1. The molecule has 21 heavy (non-hydrogen) atoms. The Labute approximate surface area is 128 Å². The molecule has 4 heteroatoms. The van der Waals surface area contributed by atoms with Crippen molar-refractivity contribution in [3.63, 3.8) is 0 Å². The number of aliphatic imine (C=N–C) groups is 1. The van der Waals surface area contributed by atoms with Gasteiger partial charge in [0, 0.05) is 33.3 Å². The topological polar surface area (TPSA) is 36.9 Å². The van der Waals surface area contributed by atoms with E-state index in [-0.39, 0.29) is 0 Å². The fraction of sp³-hybridized carbons (Fsp3) is 0.588. The highest BCUT2D eigenvalue weighted by Crippen LogP contribution is 2.13. The van der Waals surface area contributed by atoms with Gasteiger partial charge in [0.25, 0.3) is 0 Å². The molecule has 4 nitrogen and oxygen atoms in total. The lowest BCUT2D eigenvalue weighted by atomic mass is 10.1. The maximum atomic E-state index is 5.70. The number of hydrogen-bond donors (Lipinski definition) is 1. The van der Waals surface area contributed by atoms with E-state index in [4.69, 9.17) is 4.74 Å². The maximum Gasteiger partial charge on any atom is 0.193 e. The van der Waals surface area contributed by atoms with Crippen LogP contribution in [0.1, 0.15) is 25.3 Å². The number of rotatable bonds is 5. The van der Waals surface area contributed by atoms with E-state index in [9.17, 15) is 0 Å². The van der Waals surface area contributed by atoms with Gasteiger partial charge in [-0.15, -0.1) is 0 Å². The van der Waals surface area contributed by atoms with Gasteiger partial charge in [-0.1, -0.05) is 30.3 Å². The second-order valence-corrected chi connectivity index (χ2v) is 5.35. The van der Waals surface area contributed by atoms with Crippen molar-refractivity contribution in [3.8, 4) is 0 Å². The van der Waals surface area contributed by atoms with Gasteiger partial charge >= 0.3 is 0 Å². The summed E-state index contributed by atoms with van der Waals surface area (Å²) in [6.07, 6.45) is 3.63. The van der Waals surface area contributed by atoms with Crippen LogP contribution in [0.3, 0.4) is 0 Å². The zero-order valence-corrected chi connectivity index (χ0v) is 13.2. The summed E-state index contributed by atoms with van der Waals surface area (Å²) in [5.41, 5.74) is 1.36. The number of nitrogens with zero attached hydrogens (tertiary/aromatic N) is 2. The minimum Gasteiger partial charge on any atom is -0.378 e. The molecule has 1 aromatic rings. The molecular weight excluding hydrogens is 262 g/mol. The Kier molecular flexibility index (Phi) is 6.54. The zero-order chi connectivity index (χ0) is 14.9. The summed E-state index contributed by atoms with van der Waals surface area (Å²) in [7, 11) is 1.86. The van der Waals surface area contributed by atoms with Gasteiger partial charge in [0.15, 0.2) is 5.96 Å². The molecule has 0 spiro atoms. The summed E-state index contributed by atoms with van der Waals surface area (Å²) in [5.74, 6) is 1.01. The summed E-state index contributed by atoms with van der Waals surface area (Å²) >= 11 is 0. The van der Waals surface area contributed by atoms with Crippen LogP contribution in [-0.2, 0) is 11.2 Å². The molecule has 0 bridgehead atoms. The second kappa shape index (κ2) is 8.67. The average molecular weight is 289 g/mol. The van der Waals surface area contributed by atoms with Crippen molar-refractivity contribution in [2.75, 3.05) is 33.3 Å². The summed E-state index contributed by atoms with van der Waals surface area (Å²) in [6.45, 7) is 5.85. The molecule has 116 valence electrons. The molecule has 1 heterocycles. The summed E-state index contributed by atoms with van der Waals surface area (Å²) in [6, 6.07) is 10.6. The number of hydrogen-bond acceptors (Lipinski definition) is 2. The second-order valence-electron chi connectivity index (χ2n) is 5.35. The predicted octanol–water partition coefficient (Wildman–Crippen LogP) is 2.31. The first-order valence-corrected chi connectivity index (χ1v) is 7.94. The first-order chi connectivity index (χ1) is 10.3. The summed E-state index contributed by atoms with van der Waals surface area (Å²) < 4.78 is 5.70. The number of ether oxygens (including phenoxy) is 1. The minimum atomic E-state index is 0.425. The van der Waals surface area contributed by atoms with Crippen LogP contribution in [0.4, 0.5) is 0 Å². The van der Waals surface area contributed by atoms with Gasteiger partial charge in [0.05, 0.1) is 6.10 Å². The van der Waals surface area contributed by atoms with E-state index in [0.717, 1.165) is 51.5 Å². The molecule has 1 fully saturated rings. The van der Waals surface area contributed by atoms with E-state index in [0.29, 0.717) is 6.10 Å². The minimum absolute atomic E-state index is 0.425. The number of guanidine groups is 1. The molecule has 1 N–H and O–H groups in total. The molecule has 0 saturated carbocycles. The highest BCUT2D eigenvalue weighted by atomic mass is 16.5. The van der Waals surface area contributed by atoms with Crippen LogP contribution >= 0.6 is 0 Å². The summed E-state index contributed by atoms with van der Waals surface area (Å²) in [4.78, 5) is 6.74. The average Bonchev–Trinajstić information content (AvgIpc) is 2.54. The van der Waals surface area contributed by atoms with Crippen molar-refractivity contribution in [1.82, 2.24) is 10.2 Å². The predicted molar refractivity (Wildman–Crippen MR) is 87.7 cm³/mol. The largest absolute Gasteiger partial charge is 0.378 e. The van der Waals surface area contributed by atoms with Crippen molar-refractivity contribution in [3.05, 3.63) is 35.9 Å². The molecule has 0 aliphatic carbocycles. The van der Waals surface area contributed by atoms with E-state index in [1.807, 2.05) is 7.05 Å². The number of benzene rings is 1. The number of likely N-dealkylation sites (tertiary alicyclic amines) is 1. The highest BCUT2D eigenvalue weighted by Gasteiger charge is 2.21. The van der Waals surface area contributed by atoms with Gasteiger partial charge < -0.3 is 15.0 Å². The van der Waals surface area contributed by atoms with Gasteiger partial charge in [-0.2, -0.15) is 0 Å². The molecule has 1 aliphatic rings. The summed E-state index contributed by atoms with van der Waals surface area (Å²) in [5, 5.41) is 3.47. The van der Waals surface area contributed by atoms with Gasteiger partial charge in [-0.05, 0) is 31.7 Å². The van der Waals surface area contributed by atoms with E-state index in [1.165, 1.54) is 5.56 Å². The molecular formula is C17H27N3O. The Bertz CT molecular complexity index is 425. The van der Waals surface area contributed by atoms with Gasteiger partial charge in [0.1, 0.15) is 0 Å². The quantitative estimate of drug-likeness (QED) is 0.667. The molecule has 1 aliphatic heterocycles. The molecule has 0 radical (unpaired) electrons. The third-order valence-electron chi connectivity index (χ3n) is 3.90. The Morgan fingerprint density at radius 3 is 2.62 bits per heavy atom. The third kappa shape index (κ3) is 5.05. The van der Waals surface area contributed by atoms with Crippen molar-refractivity contribution in [1.29, 1.82) is 0 Å². The van der Waals surface area contributed by atoms with Crippen LogP contribution in [0, 0.1) is 0 Å². The van der Waals surface area contributed by atoms with Crippen molar-refractivity contribution in [2.45, 2.75) is 32.3 Å². The SMILES string of the molecule is CCOC1CCN(C(=NC)NCCc2ccccc2)CC1. The lowest BCUT2D eigenvalue weighted by Crippen LogP contribution is -2.47. The molecule has 2 rings (SSSR count). The van der Waals surface area contributed by atoms with E-state index in [1.54, 1.807) is 0 Å². The Morgan fingerprint density at radius 1 is 1.29 bits per heavy atom. The molecule has 0 amide bonds. The van der Waals surface area contributed by atoms with Crippen molar-refractivity contribution in [2.24, 2.45) is 4.99 Å².